The highest BCUT2D eigenvalue weighted by Gasteiger charge is 2.24. The Kier molecular flexibility index (Phi) is 3.27. The van der Waals surface area contributed by atoms with E-state index in [4.69, 9.17) is 4.52 Å². The van der Waals surface area contributed by atoms with E-state index in [1.807, 2.05) is 0 Å². The van der Waals surface area contributed by atoms with E-state index < -0.39 is 0 Å². The van der Waals surface area contributed by atoms with Gasteiger partial charge in [0.25, 0.3) is 5.91 Å². The van der Waals surface area contributed by atoms with Gasteiger partial charge < -0.3 is 9.84 Å². The molecule has 1 aliphatic rings. The van der Waals surface area contributed by atoms with Gasteiger partial charge in [-0.25, -0.2) is 0 Å². The second kappa shape index (κ2) is 4.68. The molecule has 1 fully saturated rings. The van der Waals surface area contributed by atoms with Gasteiger partial charge in [0.1, 0.15) is 5.76 Å². The molecule has 0 bridgehead atoms. The van der Waals surface area contributed by atoms with E-state index in [1.165, 1.54) is 19.3 Å². The number of hydrogen-bond donors (Lipinski definition) is 1. The van der Waals surface area contributed by atoms with E-state index in [0.29, 0.717) is 23.4 Å². The molecule has 0 radical (unpaired) electrons. The molecular formula is C12H18N2O2. The summed E-state index contributed by atoms with van der Waals surface area (Å²) >= 11 is 0. The van der Waals surface area contributed by atoms with Crippen molar-refractivity contribution in [2.45, 2.75) is 45.6 Å². The van der Waals surface area contributed by atoms with Crippen molar-refractivity contribution in [2.75, 3.05) is 0 Å². The van der Waals surface area contributed by atoms with Gasteiger partial charge in [-0.3, -0.25) is 4.79 Å². The normalized spacial score (nSPS) is 25.4. The molecule has 1 heterocycles. The molecule has 88 valence electrons. The molecule has 1 aliphatic carbocycles. The van der Waals surface area contributed by atoms with E-state index in [9.17, 15) is 4.79 Å². The van der Waals surface area contributed by atoms with Crippen LogP contribution in [0.1, 0.15) is 48.9 Å². The molecule has 2 rings (SSSR count). The van der Waals surface area contributed by atoms with E-state index in [0.717, 1.165) is 6.42 Å². The number of rotatable bonds is 2. The Morgan fingerprint density at radius 3 is 2.88 bits per heavy atom. The number of aromatic nitrogens is 1. The number of carbonyl (C=O) groups excluding carboxylic acids is 1. The van der Waals surface area contributed by atoms with Gasteiger partial charge in [-0.2, -0.15) is 0 Å². The summed E-state index contributed by atoms with van der Waals surface area (Å²) < 4.78 is 4.89. The summed E-state index contributed by atoms with van der Waals surface area (Å²) in [5.74, 6) is 1.11. The third kappa shape index (κ3) is 2.43. The average Bonchev–Trinajstić information content (AvgIpc) is 2.68. The molecule has 16 heavy (non-hydrogen) atoms. The van der Waals surface area contributed by atoms with E-state index in [2.05, 4.69) is 17.4 Å². The molecule has 4 nitrogen and oxygen atoms in total. The van der Waals surface area contributed by atoms with Gasteiger partial charge in [0.2, 0.25) is 0 Å². The first-order valence-corrected chi connectivity index (χ1v) is 5.91. The molecular weight excluding hydrogens is 204 g/mol. The minimum atomic E-state index is -0.115. The lowest BCUT2D eigenvalue weighted by Gasteiger charge is -2.29. The quantitative estimate of drug-likeness (QED) is 0.835. The summed E-state index contributed by atoms with van der Waals surface area (Å²) in [5.41, 5.74) is 0.385. The number of hydrogen-bond acceptors (Lipinski definition) is 3. The second-order valence-electron chi connectivity index (χ2n) is 4.66. The maximum absolute atomic E-state index is 11.8. The highest BCUT2D eigenvalue weighted by Crippen LogP contribution is 2.23. The fourth-order valence-corrected chi connectivity index (χ4v) is 2.25. The molecule has 4 heteroatoms. The molecule has 1 aromatic heterocycles. The first kappa shape index (κ1) is 11.2. The summed E-state index contributed by atoms with van der Waals surface area (Å²) in [6.07, 6.45) is 4.75. The van der Waals surface area contributed by atoms with Crippen LogP contribution in [0.4, 0.5) is 0 Å². The minimum Gasteiger partial charge on any atom is -0.361 e. The zero-order valence-electron chi connectivity index (χ0n) is 9.82. The van der Waals surface area contributed by atoms with Gasteiger partial charge >= 0.3 is 0 Å². The lowest BCUT2D eigenvalue weighted by atomic mass is 9.86. The van der Waals surface area contributed by atoms with Gasteiger partial charge in [0, 0.05) is 12.1 Å². The highest BCUT2D eigenvalue weighted by atomic mass is 16.5. The number of carbonyl (C=O) groups is 1. The Hall–Kier alpha value is -1.32. The Labute approximate surface area is 95.4 Å². The highest BCUT2D eigenvalue weighted by molar-refractivity contribution is 5.92. The van der Waals surface area contributed by atoms with E-state index in [-0.39, 0.29) is 5.91 Å². The summed E-state index contributed by atoms with van der Waals surface area (Å²) in [4.78, 5) is 11.8. The van der Waals surface area contributed by atoms with Crippen molar-refractivity contribution in [3.63, 3.8) is 0 Å². The smallest absolute Gasteiger partial charge is 0.273 e. The van der Waals surface area contributed by atoms with Crippen molar-refractivity contribution in [2.24, 2.45) is 5.92 Å². The van der Waals surface area contributed by atoms with Crippen molar-refractivity contribution < 1.29 is 9.32 Å². The van der Waals surface area contributed by atoms with Gasteiger partial charge in [-0.05, 0) is 25.7 Å². The standard InChI is InChI=1S/C12H18N2O2/c1-8-5-3-4-6-10(8)13-12(15)11-7-9(2)16-14-11/h7-8,10H,3-6H2,1-2H3,(H,13,15)/t8-,10-/m0/s1. The summed E-state index contributed by atoms with van der Waals surface area (Å²) in [6.45, 7) is 3.98. The van der Waals surface area contributed by atoms with Crippen LogP contribution < -0.4 is 5.32 Å². The fourth-order valence-electron chi connectivity index (χ4n) is 2.25. The van der Waals surface area contributed by atoms with Crippen LogP contribution in [0.5, 0.6) is 0 Å². The number of amides is 1. The Morgan fingerprint density at radius 2 is 2.25 bits per heavy atom. The SMILES string of the molecule is Cc1cc(C(=O)N[C@H]2CCCC[C@@H]2C)no1. The first-order valence-electron chi connectivity index (χ1n) is 5.91. The zero-order valence-corrected chi connectivity index (χ0v) is 9.82. The van der Waals surface area contributed by atoms with E-state index >= 15 is 0 Å². The van der Waals surface area contributed by atoms with Crippen molar-refractivity contribution in [1.82, 2.24) is 10.5 Å². The third-order valence-corrected chi connectivity index (χ3v) is 3.29. The van der Waals surface area contributed by atoms with Crippen LogP contribution >= 0.6 is 0 Å². The topological polar surface area (TPSA) is 55.1 Å². The monoisotopic (exact) mass is 222 g/mol. The van der Waals surface area contributed by atoms with Crippen LogP contribution in [0, 0.1) is 12.8 Å². The summed E-state index contributed by atoms with van der Waals surface area (Å²) in [5, 5.41) is 6.76. The Balaban J connectivity index is 1.96. The number of aryl methyl sites for hydroxylation is 1. The molecule has 1 amide bonds. The number of nitrogens with zero attached hydrogens (tertiary/aromatic N) is 1. The average molecular weight is 222 g/mol. The Bertz CT molecular complexity index is 373. The predicted molar refractivity (Wildman–Crippen MR) is 60.1 cm³/mol. The molecule has 0 saturated heterocycles. The minimum absolute atomic E-state index is 0.115. The fraction of sp³-hybridized carbons (Fsp3) is 0.667. The molecule has 1 aromatic rings. The van der Waals surface area contributed by atoms with Gasteiger partial charge in [-0.1, -0.05) is 24.9 Å². The van der Waals surface area contributed by atoms with Crippen molar-refractivity contribution in [3.8, 4) is 0 Å². The predicted octanol–water partition coefficient (Wildman–Crippen LogP) is 2.29. The van der Waals surface area contributed by atoms with Gasteiger partial charge in [0.05, 0.1) is 0 Å². The van der Waals surface area contributed by atoms with Gasteiger partial charge in [-0.15, -0.1) is 0 Å². The molecule has 0 aromatic carbocycles. The van der Waals surface area contributed by atoms with Crippen molar-refractivity contribution in [3.05, 3.63) is 17.5 Å². The van der Waals surface area contributed by atoms with Crippen LogP contribution in [0.2, 0.25) is 0 Å². The van der Waals surface area contributed by atoms with Crippen LogP contribution in [0.15, 0.2) is 10.6 Å². The summed E-state index contributed by atoms with van der Waals surface area (Å²) in [7, 11) is 0. The lowest BCUT2D eigenvalue weighted by Crippen LogP contribution is -2.41. The van der Waals surface area contributed by atoms with Crippen LogP contribution in [-0.4, -0.2) is 17.1 Å². The second-order valence-corrected chi connectivity index (χ2v) is 4.66. The molecule has 0 aliphatic heterocycles. The zero-order chi connectivity index (χ0) is 11.5. The molecule has 1 saturated carbocycles. The lowest BCUT2D eigenvalue weighted by molar-refractivity contribution is 0.0901. The molecule has 1 N–H and O–H groups in total. The van der Waals surface area contributed by atoms with Gasteiger partial charge in [0.15, 0.2) is 5.69 Å². The van der Waals surface area contributed by atoms with Crippen molar-refractivity contribution in [1.29, 1.82) is 0 Å². The van der Waals surface area contributed by atoms with E-state index in [1.54, 1.807) is 13.0 Å². The van der Waals surface area contributed by atoms with Crippen molar-refractivity contribution >= 4 is 5.91 Å². The third-order valence-electron chi connectivity index (χ3n) is 3.29. The van der Waals surface area contributed by atoms with Crippen LogP contribution in [-0.2, 0) is 0 Å². The first-order chi connectivity index (χ1) is 7.66. The summed E-state index contributed by atoms with van der Waals surface area (Å²) in [6, 6.07) is 1.96. The molecule has 2 atom stereocenters. The maximum Gasteiger partial charge on any atom is 0.273 e. The van der Waals surface area contributed by atoms with Crippen LogP contribution in [0.25, 0.3) is 0 Å². The molecule has 0 unspecified atom stereocenters. The maximum atomic E-state index is 11.8. The largest absolute Gasteiger partial charge is 0.361 e. The van der Waals surface area contributed by atoms with Crippen LogP contribution in [0.3, 0.4) is 0 Å². The molecule has 0 spiro atoms. The number of nitrogens with one attached hydrogen (secondary N) is 1. The Morgan fingerprint density at radius 1 is 1.50 bits per heavy atom.